The normalized spacial score (nSPS) is 18.0. The lowest BCUT2D eigenvalue weighted by atomic mass is 9.99. The Morgan fingerprint density at radius 1 is 1.00 bits per heavy atom. The van der Waals surface area contributed by atoms with Gasteiger partial charge in [0.05, 0.1) is 34.0 Å². The van der Waals surface area contributed by atoms with Crippen LogP contribution in [0.25, 0.3) is 50.2 Å². The number of nitrogens with one attached hydrogen (secondary N) is 1. The number of hydrogen-bond donors (Lipinski definition) is 1. The number of carbonyl (C=O) groups excluding carboxylic acids is 1. The number of anilines is 1. The molecule has 2 atom stereocenters. The van der Waals surface area contributed by atoms with E-state index in [9.17, 15) is 4.79 Å². The van der Waals surface area contributed by atoms with Crippen molar-refractivity contribution in [3.8, 4) is 33.6 Å². The number of benzene rings is 2. The monoisotopic (exact) mass is 618 g/mol. The Morgan fingerprint density at radius 2 is 1.84 bits per heavy atom. The highest BCUT2D eigenvalue weighted by molar-refractivity contribution is 6.33. The second-order valence-corrected chi connectivity index (χ2v) is 13.1. The van der Waals surface area contributed by atoms with Crippen molar-refractivity contribution in [1.82, 2.24) is 34.7 Å². The van der Waals surface area contributed by atoms with Crippen molar-refractivity contribution in [1.29, 1.82) is 0 Å². The van der Waals surface area contributed by atoms with E-state index < -0.39 is 5.60 Å². The molecule has 2 aromatic carbocycles. The number of nitrogens with zero attached hydrogens (tertiary/aromatic N) is 7. The fourth-order valence-electron chi connectivity index (χ4n) is 6.71. The number of ether oxygens (including phenoxy) is 1. The van der Waals surface area contributed by atoms with Gasteiger partial charge in [0.15, 0.2) is 5.65 Å². The van der Waals surface area contributed by atoms with E-state index in [2.05, 4.69) is 32.2 Å². The van der Waals surface area contributed by atoms with Crippen molar-refractivity contribution in [2.45, 2.75) is 44.9 Å². The number of halogens is 1. The molecule has 0 radical (unpaired) electrons. The molecule has 1 N–H and O–H groups in total. The van der Waals surface area contributed by atoms with Crippen LogP contribution in [0.1, 0.15) is 27.2 Å². The zero-order valence-electron chi connectivity index (χ0n) is 25.1. The fraction of sp³-hybridized carbons (Fsp3) is 0.265. The number of likely N-dealkylation sites (tertiary alicyclic amines) is 1. The number of pyridine rings is 1. The van der Waals surface area contributed by atoms with Crippen molar-refractivity contribution in [2.75, 3.05) is 18.0 Å². The van der Waals surface area contributed by atoms with Gasteiger partial charge >= 0.3 is 6.09 Å². The van der Waals surface area contributed by atoms with Gasteiger partial charge in [0.2, 0.25) is 0 Å². The van der Waals surface area contributed by atoms with E-state index in [1.54, 1.807) is 18.6 Å². The number of fused-ring (bicyclic) bond motifs is 4. The van der Waals surface area contributed by atoms with Gasteiger partial charge in [0, 0.05) is 59.9 Å². The highest BCUT2D eigenvalue weighted by atomic mass is 35.5. The summed E-state index contributed by atoms with van der Waals surface area (Å²) in [5, 5.41) is 14.1. The Bertz CT molecular complexity index is 2080. The molecule has 6 heterocycles. The fourth-order valence-corrected chi connectivity index (χ4v) is 6.98. The van der Waals surface area contributed by atoms with Crippen molar-refractivity contribution in [3.05, 3.63) is 84.4 Å². The van der Waals surface area contributed by atoms with Crippen LogP contribution in [0, 0.1) is 0 Å². The Balaban J connectivity index is 1.17. The second kappa shape index (κ2) is 10.3. The first-order chi connectivity index (χ1) is 21.7. The highest BCUT2D eigenvalue weighted by Crippen LogP contribution is 2.41. The third kappa shape index (κ3) is 4.67. The molecule has 0 spiro atoms. The van der Waals surface area contributed by atoms with Gasteiger partial charge in [-0.05, 0) is 75.2 Å². The maximum absolute atomic E-state index is 12.8. The summed E-state index contributed by atoms with van der Waals surface area (Å²) in [6.45, 7) is 7.08. The summed E-state index contributed by atoms with van der Waals surface area (Å²) in [5.74, 6) is 0. The third-order valence-corrected chi connectivity index (χ3v) is 8.97. The Labute approximate surface area is 264 Å². The third-order valence-electron chi connectivity index (χ3n) is 8.66. The molecule has 2 bridgehead atoms. The predicted octanol–water partition coefficient (Wildman–Crippen LogP) is 6.85. The van der Waals surface area contributed by atoms with Crippen molar-refractivity contribution in [3.63, 3.8) is 0 Å². The Morgan fingerprint density at radius 3 is 2.60 bits per heavy atom. The smallest absolute Gasteiger partial charge is 0.410 e. The van der Waals surface area contributed by atoms with Crippen LogP contribution in [-0.4, -0.2) is 71.5 Å². The van der Waals surface area contributed by atoms with E-state index in [1.165, 1.54) is 0 Å². The molecule has 2 aliphatic rings. The molecule has 0 saturated carbocycles. The summed E-state index contributed by atoms with van der Waals surface area (Å²) in [7, 11) is 0. The molecule has 2 saturated heterocycles. The summed E-state index contributed by atoms with van der Waals surface area (Å²) in [6.07, 6.45) is 7.85. The molecule has 226 valence electrons. The summed E-state index contributed by atoms with van der Waals surface area (Å²) in [4.78, 5) is 26.0. The second-order valence-electron chi connectivity index (χ2n) is 12.7. The van der Waals surface area contributed by atoms with Crippen molar-refractivity contribution >= 4 is 39.9 Å². The maximum atomic E-state index is 12.8. The minimum atomic E-state index is -0.513. The number of carbonyl (C=O) groups is 1. The van der Waals surface area contributed by atoms with E-state index in [-0.39, 0.29) is 18.2 Å². The molecule has 1 amide bonds. The van der Waals surface area contributed by atoms with Gasteiger partial charge in [-0.25, -0.2) is 14.3 Å². The van der Waals surface area contributed by atoms with Crippen LogP contribution in [0.4, 0.5) is 10.5 Å². The van der Waals surface area contributed by atoms with Crippen LogP contribution in [0.2, 0.25) is 5.02 Å². The molecule has 4 aromatic heterocycles. The summed E-state index contributed by atoms with van der Waals surface area (Å²) in [5.41, 5.74) is 7.48. The highest BCUT2D eigenvalue weighted by Gasteiger charge is 2.46. The molecule has 2 fully saturated rings. The number of hydrogen-bond acceptors (Lipinski definition) is 7. The maximum Gasteiger partial charge on any atom is 0.410 e. The first-order valence-corrected chi connectivity index (χ1v) is 15.4. The number of rotatable bonds is 4. The zero-order chi connectivity index (χ0) is 30.9. The van der Waals surface area contributed by atoms with Crippen LogP contribution in [0.5, 0.6) is 0 Å². The van der Waals surface area contributed by atoms with Crippen molar-refractivity contribution < 1.29 is 9.53 Å². The van der Waals surface area contributed by atoms with Gasteiger partial charge in [0.1, 0.15) is 11.3 Å². The van der Waals surface area contributed by atoms with Crippen LogP contribution in [0.3, 0.4) is 0 Å². The Hall–Kier alpha value is -4.96. The van der Waals surface area contributed by atoms with Gasteiger partial charge in [-0.2, -0.15) is 10.2 Å². The average molecular weight is 619 g/mol. The van der Waals surface area contributed by atoms with Gasteiger partial charge in [-0.1, -0.05) is 23.7 Å². The van der Waals surface area contributed by atoms with Gasteiger partial charge in [0.25, 0.3) is 0 Å². The Kier molecular flexibility index (Phi) is 6.32. The molecule has 2 aliphatic heterocycles. The van der Waals surface area contributed by atoms with E-state index in [4.69, 9.17) is 26.4 Å². The standard InChI is InChI=1S/C34H31ClN8O2/c1-34(2,3)45-33(44)42-19-22-15-23(42)18-41(22)21-7-8-25(27(35)16-21)29-11-14-37-32-30(24-5-4-6-28-26(24)17-38-39-28)31(40-43(29)32)20-9-12-36-13-10-20/h4-14,16-17,22-23H,15,18-19H2,1-3H3,(H,38,39)/t22-,23-/m1/s1. The quantitative estimate of drug-likeness (QED) is 0.230. The van der Waals surface area contributed by atoms with E-state index in [1.807, 2.05) is 78.8 Å². The van der Waals surface area contributed by atoms with Gasteiger partial charge in [-0.15, -0.1) is 0 Å². The molecular formula is C34H31ClN8O2. The van der Waals surface area contributed by atoms with Crippen molar-refractivity contribution in [2.24, 2.45) is 0 Å². The lowest BCUT2D eigenvalue weighted by Gasteiger charge is -2.36. The van der Waals surface area contributed by atoms with Crippen LogP contribution in [-0.2, 0) is 4.74 Å². The van der Waals surface area contributed by atoms with Crippen LogP contribution < -0.4 is 4.90 Å². The molecular weight excluding hydrogens is 588 g/mol. The molecule has 8 rings (SSSR count). The summed E-state index contributed by atoms with van der Waals surface area (Å²) < 4.78 is 7.52. The number of aromatic amines is 1. The molecule has 0 unspecified atom stereocenters. The van der Waals surface area contributed by atoms with Crippen LogP contribution in [0.15, 0.2) is 79.4 Å². The molecule has 45 heavy (non-hydrogen) atoms. The van der Waals surface area contributed by atoms with Crippen LogP contribution >= 0.6 is 11.6 Å². The first kappa shape index (κ1) is 27.6. The lowest BCUT2D eigenvalue weighted by Crippen LogP contribution is -2.50. The molecule has 0 aliphatic carbocycles. The number of H-pyrrole nitrogens is 1. The average Bonchev–Trinajstić information content (AvgIpc) is 3.83. The van der Waals surface area contributed by atoms with Gasteiger partial charge < -0.3 is 14.5 Å². The van der Waals surface area contributed by atoms with E-state index in [0.717, 1.165) is 63.2 Å². The molecule has 6 aromatic rings. The topological polar surface area (TPSA) is 105 Å². The largest absolute Gasteiger partial charge is 0.444 e. The summed E-state index contributed by atoms with van der Waals surface area (Å²) >= 11 is 7.05. The van der Waals surface area contributed by atoms with E-state index in [0.29, 0.717) is 17.2 Å². The summed E-state index contributed by atoms with van der Waals surface area (Å²) in [6, 6.07) is 18.4. The SMILES string of the molecule is CC(C)(C)OC(=O)N1C[C@H]2C[C@@H]1CN2c1ccc(-c2ccnc3c(-c4cccc5[nH]ncc45)c(-c4ccncc4)nn23)c(Cl)c1. The number of piperazine rings is 1. The lowest BCUT2D eigenvalue weighted by molar-refractivity contribution is 0.0214. The zero-order valence-corrected chi connectivity index (χ0v) is 25.9. The first-order valence-electron chi connectivity index (χ1n) is 15.0. The molecule has 11 heteroatoms. The molecule has 10 nitrogen and oxygen atoms in total. The number of aromatic nitrogens is 6. The minimum Gasteiger partial charge on any atom is -0.444 e. The van der Waals surface area contributed by atoms with Gasteiger partial charge in [-0.3, -0.25) is 10.1 Å². The minimum absolute atomic E-state index is 0.122. The van der Waals surface area contributed by atoms with E-state index >= 15 is 0 Å². The number of amides is 1. The predicted molar refractivity (Wildman–Crippen MR) is 174 cm³/mol.